The van der Waals surface area contributed by atoms with Crippen molar-refractivity contribution in [3.63, 3.8) is 0 Å². The molecule has 0 radical (unpaired) electrons. The number of aryl methyl sites for hydroxylation is 2. The summed E-state index contributed by atoms with van der Waals surface area (Å²) in [6, 6.07) is 16.6. The van der Waals surface area contributed by atoms with Gasteiger partial charge in [0.15, 0.2) is 0 Å². The van der Waals surface area contributed by atoms with E-state index < -0.39 is 0 Å². The second-order valence-electron chi connectivity index (χ2n) is 6.29. The quantitative estimate of drug-likeness (QED) is 0.929. The first kappa shape index (κ1) is 16.4. The summed E-state index contributed by atoms with van der Waals surface area (Å²) in [4.78, 5) is 16.6. The molecule has 2 aromatic carbocycles. The number of rotatable bonds is 3. The molecule has 1 fully saturated rings. The van der Waals surface area contributed by atoms with Crippen molar-refractivity contribution in [2.75, 3.05) is 36.4 Å². The molecule has 1 heterocycles. The van der Waals surface area contributed by atoms with Gasteiger partial charge in [-0.25, -0.2) is 4.79 Å². The molecule has 1 aliphatic rings. The molecule has 126 valence electrons. The summed E-state index contributed by atoms with van der Waals surface area (Å²) >= 11 is 0. The van der Waals surface area contributed by atoms with Gasteiger partial charge in [0.05, 0.1) is 0 Å². The molecule has 0 aliphatic carbocycles. The van der Waals surface area contributed by atoms with Crippen molar-refractivity contribution in [1.29, 1.82) is 0 Å². The Bertz CT molecular complexity index is 688. The maximum Gasteiger partial charge on any atom is 0.321 e. The van der Waals surface area contributed by atoms with Crippen LogP contribution in [0.4, 0.5) is 16.2 Å². The lowest BCUT2D eigenvalue weighted by molar-refractivity contribution is 0.208. The molecule has 24 heavy (non-hydrogen) atoms. The van der Waals surface area contributed by atoms with E-state index in [2.05, 4.69) is 41.4 Å². The van der Waals surface area contributed by atoms with E-state index in [4.69, 9.17) is 0 Å². The number of benzene rings is 2. The largest absolute Gasteiger partial charge is 0.368 e. The Morgan fingerprint density at radius 3 is 2.38 bits per heavy atom. The van der Waals surface area contributed by atoms with Crippen molar-refractivity contribution in [3.05, 3.63) is 59.7 Å². The fourth-order valence-corrected chi connectivity index (χ4v) is 3.04. The molecule has 0 unspecified atom stereocenters. The van der Waals surface area contributed by atoms with Gasteiger partial charge in [0, 0.05) is 37.6 Å². The van der Waals surface area contributed by atoms with Crippen molar-refractivity contribution in [3.8, 4) is 0 Å². The van der Waals surface area contributed by atoms with Gasteiger partial charge in [-0.2, -0.15) is 0 Å². The highest BCUT2D eigenvalue weighted by molar-refractivity contribution is 5.89. The molecule has 3 rings (SSSR count). The number of amides is 2. The normalized spacial score (nSPS) is 14.6. The number of piperazine rings is 1. The van der Waals surface area contributed by atoms with Crippen molar-refractivity contribution in [2.45, 2.75) is 20.3 Å². The fraction of sp³-hybridized carbons (Fsp3) is 0.350. The standard InChI is InChI=1S/C20H25N3O/c1-3-17-7-9-19(10-8-17)22-11-13-23(14-12-22)20(24)21-18-6-4-5-16(2)15-18/h4-10,15H,3,11-14H2,1-2H3,(H,21,24). The highest BCUT2D eigenvalue weighted by atomic mass is 16.2. The minimum Gasteiger partial charge on any atom is -0.368 e. The van der Waals surface area contributed by atoms with Gasteiger partial charge in [0.2, 0.25) is 0 Å². The van der Waals surface area contributed by atoms with E-state index in [1.165, 1.54) is 11.3 Å². The molecule has 1 N–H and O–H groups in total. The van der Waals surface area contributed by atoms with E-state index in [0.29, 0.717) is 0 Å². The molecule has 0 spiro atoms. The first-order valence-corrected chi connectivity index (χ1v) is 8.62. The van der Waals surface area contributed by atoms with Gasteiger partial charge in [0.1, 0.15) is 0 Å². The molecule has 4 heteroatoms. The van der Waals surface area contributed by atoms with Gasteiger partial charge in [-0.1, -0.05) is 31.2 Å². The molecule has 1 aliphatic heterocycles. The molecule has 2 amide bonds. The van der Waals surface area contributed by atoms with Gasteiger partial charge in [-0.3, -0.25) is 0 Å². The van der Waals surface area contributed by atoms with Crippen LogP contribution in [0.2, 0.25) is 0 Å². The number of carbonyl (C=O) groups is 1. The molecule has 2 aromatic rings. The zero-order valence-electron chi connectivity index (χ0n) is 14.5. The molecular weight excluding hydrogens is 298 g/mol. The van der Waals surface area contributed by atoms with Crippen LogP contribution in [0.5, 0.6) is 0 Å². The van der Waals surface area contributed by atoms with E-state index in [1.54, 1.807) is 0 Å². The molecule has 1 saturated heterocycles. The third-order valence-electron chi connectivity index (χ3n) is 4.55. The summed E-state index contributed by atoms with van der Waals surface area (Å²) in [5.41, 5.74) is 4.60. The lowest BCUT2D eigenvalue weighted by atomic mass is 10.1. The highest BCUT2D eigenvalue weighted by Gasteiger charge is 2.21. The Hall–Kier alpha value is -2.49. The van der Waals surface area contributed by atoms with Crippen molar-refractivity contribution in [2.24, 2.45) is 0 Å². The SMILES string of the molecule is CCc1ccc(N2CCN(C(=O)Nc3cccc(C)c3)CC2)cc1. The van der Waals surface area contributed by atoms with Crippen LogP contribution >= 0.6 is 0 Å². The van der Waals surface area contributed by atoms with Crippen LogP contribution in [0.1, 0.15) is 18.1 Å². The third kappa shape index (κ3) is 3.88. The summed E-state index contributed by atoms with van der Waals surface area (Å²) < 4.78 is 0. The van der Waals surface area contributed by atoms with Gasteiger partial charge in [0.25, 0.3) is 0 Å². The van der Waals surface area contributed by atoms with E-state index in [1.807, 2.05) is 36.1 Å². The summed E-state index contributed by atoms with van der Waals surface area (Å²) in [6.07, 6.45) is 1.06. The minimum absolute atomic E-state index is 0.0124. The number of nitrogens with zero attached hydrogens (tertiary/aromatic N) is 2. The van der Waals surface area contributed by atoms with Gasteiger partial charge < -0.3 is 15.1 Å². The molecule has 0 saturated carbocycles. The Morgan fingerprint density at radius 2 is 1.75 bits per heavy atom. The second-order valence-corrected chi connectivity index (χ2v) is 6.29. The van der Waals surface area contributed by atoms with Crippen LogP contribution in [0.3, 0.4) is 0 Å². The van der Waals surface area contributed by atoms with E-state index >= 15 is 0 Å². The Balaban J connectivity index is 1.55. The topological polar surface area (TPSA) is 35.6 Å². The van der Waals surface area contributed by atoms with Gasteiger partial charge >= 0.3 is 6.03 Å². The predicted molar refractivity (Wildman–Crippen MR) is 99.8 cm³/mol. The fourth-order valence-electron chi connectivity index (χ4n) is 3.04. The number of hydrogen-bond donors (Lipinski definition) is 1. The maximum atomic E-state index is 12.4. The Labute approximate surface area is 144 Å². The van der Waals surface area contributed by atoms with Crippen LogP contribution in [0, 0.1) is 6.92 Å². The average molecular weight is 323 g/mol. The van der Waals surface area contributed by atoms with E-state index in [-0.39, 0.29) is 6.03 Å². The molecule has 0 atom stereocenters. The first-order valence-electron chi connectivity index (χ1n) is 8.62. The minimum atomic E-state index is -0.0124. The maximum absolute atomic E-state index is 12.4. The summed E-state index contributed by atoms with van der Waals surface area (Å²) in [7, 11) is 0. The third-order valence-corrected chi connectivity index (χ3v) is 4.55. The molecule has 4 nitrogen and oxygen atoms in total. The number of nitrogens with one attached hydrogen (secondary N) is 1. The zero-order valence-corrected chi connectivity index (χ0v) is 14.5. The average Bonchev–Trinajstić information content (AvgIpc) is 2.62. The lowest BCUT2D eigenvalue weighted by Gasteiger charge is -2.36. The van der Waals surface area contributed by atoms with Crippen LogP contribution in [-0.2, 0) is 6.42 Å². The summed E-state index contributed by atoms with van der Waals surface area (Å²) in [5.74, 6) is 0. The first-order chi connectivity index (χ1) is 11.7. The number of urea groups is 1. The van der Waals surface area contributed by atoms with Crippen LogP contribution in [-0.4, -0.2) is 37.1 Å². The predicted octanol–water partition coefficient (Wildman–Crippen LogP) is 3.91. The second kappa shape index (κ2) is 7.39. The summed E-state index contributed by atoms with van der Waals surface area (Å²) in [6.45, 7) is 7.42. The Kier molecular flexibility index (Phi) is 5.04. The van der Waals surface area contributed by atoms with E-state index in [9.17, 15) is 4.79 Å². The van der Waals surface area contributed by atoms with Crippen molar-refractivity contribution >= 4 is 17.4 Å². The monoisotopic (exact) mass is 323 g/mol. The number of hydrogen-bond acceptors (Lipinski definition) is 2. The summed E-state index contributed by atoms with van der Waals surface area (Å²) in [5, 5.41) is 2.99. The van der Waals surface area contributed by atoms with Crippen LogP contribution in [0.25, 0.3) is 0 Å². The number of anilines is 2. The Morgan fingerprint density at radius 1 is 1.04 bits per heavy atom. The molecular formula is C20H25N3O. The smallest absolute Gasteiger partial charge is 0.321 e. The van der Waals surface area contributed by atoms with Crippen molar-refractivity contribution < 1.29 is 4.79 Å². The van der Waals surface area contributed by atoms with Crippen molar-refractivity contribution in [1.82, 2.24) is 4.90 Å². The molecule has 0 bridgehead atoms. The molecule has 0 aromatic heterocycles. The lowest BCUT2D eigenvalue weighted by Crippen LogP contribution is -2.50. The van der Waals surface area contributed by atoms with Gasteiger partial charge in [-0.15, -0.1) is 0 Å². The highest BCUT2D eigenvalue weighted by Crippen LogP contribution is 2.18. The van der Waals surface area contributed by atoms with Crippen LogP contribution < -0.4 is 10.2 Å². The zero-order chi connectivity index (χ0) is 16.9. The van der Waals surface area contributed by atoms with Crippen LogP contribution in [0.15, 0.2) is 48.5 Å². The van der Waals surface area contributed by atoms with Gasteiger partial charge in [-0.05, 0) is 48.7 Å². The van der Waals surface area contributed by atoms with E-state index in [0.717, 1.165) is 43.9 Å². The number of carbonyl (C=O) groups excluding carboxylic acids is 1.